The zero-order valence-corrected chi connectivity index (χ0v) is 15.2. The van der Waals surface area contributed by atoms with Crippen molar-refractivity contribution >= 4 is 23.6 Å². The number of carboxylic acid groups (broad SMARTS) is 1. The summed E-state index contributed by atoms with van der Waals surface area (Å²) in [4.78, 5) is 26.2. The largest absolute Gasteiger partial charge is 0.497 e. The second-order valence-corrected chi connectivity index (χ2v) is 6.99. The Morgan fingerprint density at radius 1 is 1.20 bits per heavy atom. The minimum absolute atomic E-state index is 0.150. The average molecular weight is 359 g/mol. The van der Waals surface area contributed by atoms with Crippen LogP contribution < -0.4 is 4.74 Å². The Labute approximate surface area is 151 Å². The molecule has 1 atom stereocenters. The third-order valence-electron chi connectivity index (χ3n) is 3.67. The molecule has 2 aromatic carbocycles. The van der Waals surface area contributed by atoms with Crippen LogP contribution in [-0.2, 0) is 11.3 Å². The van der Waals surface area contributed by atoms with E-state index in [4.69, 9.17) is 9.84 Å². The maximum Gasteiger partial charge on any atom is 0.316 e. The number of hydrogen-bond donors (Lipinski definition) is 1. The van der Waals surface area contributed by atoms with E-state index in [1.54, 1.807) is 50.2 Å². The predicted molar refractivity (Wildman–Crippen MR) is 98.2 cm³/mol. The molecule has 25 heavy (non-hydrogen) atoms. The van der Waals surface area contributed by atoms with Gasteiger partial charge < -0.3 is 14.7 Å². The Kier molecular flexibility index (Phi) is 6.47. The van der Waals surface area contributed by atoms with Crippen molar-refractivity contribution in [1.29, 1.82) is 0 Å². The summed E-state index contributed by atoms with van der Waals surface area (Å²) in [7, 11) is 3.33. The van der Waals surface area contributed by atoms with Gasteiger partial charge in [-0.3, -0.25) is 9.59 Å². The second-order valence-electron chi connectivity index (χ2n) is 5.61. The Bertz CT molecular complexity index is 763. The molecule has 5 nitrogen and oxygen atoms in total. The lowest BCUT2D eigenvalue weighted by molar-refractivity contribution is -0.136. The van der Waals surface area contributed by atoms with Crippen molar-refractivity contribution in [2.45, 2.75) is 23.6 Å². The number of hydrogen-bond acceptors (Lipinski definition) is 4. The second kappa shape index (κ2) is 8.58. The summed E-state index contributed by atoms with van der Waals surface area (Å²) in [6.45, 7) is 2.04. The Balaban J connectivity index is 2.17. The van der Waals surface area contributed by atoms with Gasteiger partial charge in [0.2, 0.25) is 0 Å². The highest BCUT2D eigenvalue weighted by Gasteiger charge is 2.20. The fourth-order valence-corrected chi connectivity index (χ4v) is 3.23. The first-order valence-corrected chi connectivity index (χ1v) is 8.67. The first-order valence-electron chi connectivity index (χ1n) is 7.79. The minimum Gasteiger partial charge on any atom is -0.497 e. The van der Waals surface area contributed by atoms with Crippen LogP contribution in [0, 0.1) is 0 Å². The molecule has 2 rings (SSSR count). The molecule has 1 amide bonds. The Morgan fingerprint density at radius 2 is 1.92 bits per heavy atom. The number of methoxy groups -OCH3 is 1. The summed E-state index contributed by atoms with van der Waals surface area (Å²) >= 11 is 1.17. The zero-order valence-electron chi connectivity index (χ0n) is 14.4. The van der Waals surface area contributed by atoms with Crippen LogP contribution >= 0.6 is 11.8 Å². The summed E-state index contributed by atoms with van der Waals surface area (Å²) < 4.78 is 5.20. The lowest BCUT2D eigenvalue weighted by atomic mass is 10.1. The van der Waals surface area contributed by atoms with Crippen LogP contribution in [0.3, 0.4) is 0 Å². The molecular weight excluding hydrogens is 338 g/mol. The van der Waals surface area contributed by atoms with Crippen LogP contribution in [0.1, 0.15) is 22.8 Å². The van der Waals surface area contributed by atoms with Crippen LogP contribution in [0.2, 0.25) is 0 Å². The van der Waals surface area contributed by atoms with Gasteiger partial charge in [0, 0.05) is 18.5 Å². The van der Waals surface area contributed by atoms with E-state index < -0.39 is 11.2 Å². The first kappa shape index (κ1) is 18.9. The van der Waals surface area contributed by atoms with Gasteiger partial charge >= 0.3 is 5.97 Å². The molecule has 0 bridgehead atoms. The fraction of sp³-hybridized carbons (Fsp3) is 0.263. The van der Waals surface area contributed by atoms with Crippen molar-refractivity contribution in [3.8, 4) is 5.75 Å². The van der Waals surface area contributed by atoms with Gasteiger partial charge in [-0.15, -0.1) is 11.8 Å². The summed E-state index contributed by atoms with van der Waals surface area (Å²) in [5.74, 6) is -0.315. The topological polar surface area (TPSA) is 66.8 Å². The van der Waals surface area contributed by atoms with Gasteiger partial charge in [-0.1, -0.05) is 24.3 Å². The Morgan fingerprint density at radius 3 is 2.60 bits per heavy atom. The molecule has 0 spiro atoms. The molecule has 6 heteroatoms. The number of rotatable bonds is 7. The molecule has 1 N–H and O–H groups in total. The van der Waals surface area contributed by atoms with Crippen molar-refractivity contribution in [1.82, 2.24) is 4.90 Å². The van der Waals surface area contributed by atoms with Gasteiger partial charge in [0.15, 0.2) is 0 Å². The van der Waals surface area contributed by atoms with Crippen LogP contribution in [0.25, 0.3) is 0 Å². The zero-order chi connectivity index (χ0) is 18.4. The maximum absolute atomic E-state index is 12.8. The number of carbonyl (C=O) groups excluding carboxylic acids is 1. The van der Waals surface area contributed by atoms with Gasteiger partial charge in [0.25, 0.3) is 5.91 Å². The van der Waals surface area contributed by atoms with Gasteiger partial charge in [0.1, 0.15) is 11.0 Å². The molecule has 0 fully saturated rings. The number of ether oxygens (including phenoxy) is 1. The molecule has 0 aliphatic rings. The molecule has 1 unspecified atom stereocenters. The van der Waals surface area contributed by atoms with E-state index in [2.05, 4.69) is 0 Å². The van der Waals surface area contributed by atoms with E-state index in [0.717, 1.165) is 11.3 Å². The van der Waals surface area contributed by atoms with Crippen LogP contribution in [0.15, 0.2) is 53.4 Å². The highest BCUT2D eigenvalue weighted by atomic mass is 32.2. The van der Waals surface area contributed by atoms with Gasteiger partial charge in [-0.05, 0) is 36.8 Å². The fourth-order valence-electron chi connectivity index (χ4n) is 2.31. The number of thioether (sulfide) groups is 1. The summed E-state index contributed by atoms with van der Waals surface area (Å²) in [5.41, 5.74) is 1.46. The molecule has 0 aliphatic carbocycles. The van der Waals surface area contributed by atoms with Crippen LogP contribution in [0.4, 0.5) is 0 Å². The van der Waals surface area contributed by atoms with E-state index in [1.165, 1.54) is 11.8 Å². The van der Waals surface area contributed by atoms with E-state index in [0.29, 0.717) is 17.0 Å². The third kappa shape index (κ3) is 5.00. The standard InChI is InChI=1S/C19H21NO4S/c1-13(19(22)23)25-17-10-5-4-9-16(17)18(21)20(2)12-14-7-6-8-15(11-14)24-3/h4-11,13H,12H2,1-3H3,(H,22,23). The minimum atomic E-state index is -0.906. The monoisotopic (exact) mass is 359 g/mol. The van der Waals surface area contributed by atoms with Gasteiger partial charge in [0.05, 0.1) is 12.7 Å². The third-order valence-corrected chi connectivity index (χ3v) is 4.83. The van der Waals surface area contributed by atoms with E-state index in [9.17, 15) is 9.59 Å². The molecule has 0 heterocycles. The van der Waals surface area contributed by atoms with Crippen LogP contribution in [-0.4, -0.2) is 41.3 Å². The number of benzene rings is 2. The van der Waals surface area contributed by atoms with Crippen LogP contribution in [0.5, 0.6) is 5.75 Å². The molecule has 132 valence electrons. The van der Waals surface area contributed by atoms with Gasteiger partial charge in [-0.25, -0.2) is 0 Å². The molecular formula is C19H21NO4S. The van der Waals surface area contributed by atoms with E-state index in [-0.39, 0.29) is 5.91 Å². The van der Waals surface area contributed by atoms with Gasteiger partial charge in [-0.2, -0.15) is 0 Å². The normalized spacial score (nSPS) is 11.6. The van der Waals surface area contributed by atoms with Crippen molar-refractivity contribution in [3.63, 3.8) is 0 Å². The maximum atomic E-state index is 12.8. The molecule has 0 aliphatic heterocycles. The molecule has 0 saturated heterocycles. The molecule has 0 aromatic heterocycles. The van der Waals surface area contributed by atoms with E-state index in [1.807, 2.05) is 24.3 Å². The highest BCUT2D eigenvalue weighted by molar-refractivity contribution is 8.00. The number of nitrogens with zero attached hydrogens (tertiary/aromatic N) is 1. The number of amides is 1. The smallest absolute Gasteiger partial charge is 0.316 e. The van der Waals surface area contributed by atoms with Crippen molar-refractivity contribution < 1.29 is 19.4 Å². The number of carboxylic acids is 1. The summed E-state index contributed by atoms with van der Waals surface area (Å²) in [6.07, 6.45) is 0. The highest BCUT2D eigenvalue weighted by Crippen LogP contribution is 2.28. The summed E-state index contributed by atoms with van der Waals surface area (Å²) in [5, 5.41) is 8.47. The SMILES string of the molecule is COc1cccc(CN(C)C(=O)c2ccccc2SC(C)C(=O)O)c1. The lowest BCUT2D eigenvalue weighted by Crippen LogP contribution is -2.27. The average Bonchev–Trinajstić information content (AvgIpc) is 2.61. The molecule has 0 saturated carbocycles. The first-order chi connectivity index (χ1) is 11.9. The molecule has 0 radical (unpaired) electrons. The predicted octanol–water partition coefficient (Wildman–Crippen LogP) is 3.53. The Hall–Kier alpha value is -2.47. The van der Waals surface area contributed by atoms with E-state index >= 15 is 0 Å². The van der Waals surface area contributed by atoms with Crippen molar-refractivity contribution in [2.75, 3.05) is 14.2 Å². The number of aliphatic carboxylic acids is 1. The number of carbonyl (C=O) groups is 2. The quantitative estimate of drug-likeness (QED) is 0.766. The summed E-state index contributed by atoms with van der Waals surface area (Å²) in [6, 6.07) is 14.6. The van der Waals surface area contributed by atoms with Crippen molar-refractivity contribution in [2.24, 2.45) is 0 Å². The van der Waals surface area contributed by atoms with Crippen molar-refractivity contribution in [3.05, 3.63) is 59.7 Å². The molecule has 2 aromatic rings. The lowest BCUT2D eigenvalue weighted by Gasteiger charge is -2.20.